The first kappa shape index (κ1) is 7.75. The van der Waals surface area contributed by atoms with E-state index in [2.05, 4.69) is 22.7 Å². The Kier molecular flexibility index (Phi) is 1.66. The number of aryl methyl sites for hydroxylation is 1. The molecule has 0 aliphatic heterocycles. The summed E-state index contributed by atoms with van der Waals surface area (Å²) in [7, 11) is 0. The minimum Gasteiger partial charge on any atom is -0.267 e. The van der Waals surface area contributed by atoms with Crippen LogP contribution in [0.25, 0.3) is 4.96 Å². The average Bonchev–Trinajstić information content (AvgIpc) is 2.29. The third-order valence-corrected chi connectivity index (χ3v) is 2.50. The van der Waals surface area contributed by atoms with Crippen LogP contribution in [0.1, 0.15) is 5.69 Å². The van der Waals surface area contributed by atoms with E-state index in [1.165, 1.54) is 17.4 Å². The highest BCUT2D eigenvalue weighted by Crippen LogP contribution is 2.15. The molecule has 6 heteroatoms. The third-order valence-electron chi connectivity index (χ3n) is 1.42. The molecule has 4 nitrogen and oxygen atoms in total. The zero-order chi connectivity index (χ0) is 8.72. The van der Waals surface area contributed by atoms with Gasteiger partial charge in [-0.3, -0.25) is 4.79 Å². The number of nitrogens with zero attached hydrogens (tertiary/aromatic N) is 3. The first-order valence-corrected chi connectivity index (χ1v) is 4.50. The number of fused-ring (bicyclic) bond motifs is 1. The third kappa shape index (κ3) is 1.12. The average molecular weight is 199 g/mol. The van der Waals surface area contributed by atoms with Crippen LogP contribution in [0.5, 0.6) is 0 Å². The van der Waals surface area contributed by atoms with Crippen LogP contribution in [0.2, 0.25) is 0 Å². The monoisotopic (exact) mass is 199 g/mol. The fourth-order valence-electron chi connectivity index (χ4n) is 0.940. The minimum atomic E-state index is -0.232. The van der Waals surface area contributed by atoms with Gasteiger partial charge in [-0.05, 0) is 6.92 Å². The van der Waals surface area contributed by atoms with Crippen molar-refractivity contribution in [3.8, 4) is 0 Å². The second-order valence-electron chi connectivity index (χ2n) is 2.31. The van der Waals surface area contributed by atoms with Crippen LogP contribution in [-0.4, -0.2) is 14.6 Å². The molecule has 12 heavy (non-hydrogen) atoms. The van der Waals surface area contributed by atoms with Gasteiger partial charge in [-0.25, -0.2) is 4.52 Å². The zero-order valence-corrected chi connectivity index (χ0v) is 7.89. The normalized spacial score (nSPS) is 10.8. The zero-order valence-electron chi connectivity index (χ0n) is 6.18. The maximum Gasteiger partial charge on any atom is 0.274 e. The summed E-state index contributed by atoms with van der Waals surface area (Å²) in [4.78, 5) is 15.3. The van der Waals surface area contributed by atoms with E-state index >= 15 is 0 Å². The molecule has 0 spiro atoms. The van der Waals surface area contributed by atoms with Gasteiger partial charge in [0.25, 0.3) is 5.56 Å². The van der Waals surface area contributed by atoms with E-state index in [1.807, 2.05) is 6.92 Å². The molecule has 0 aromatic carbocycles. The summed E-state index contributed by atoms with van der Waals surface area (Å²) in [5.74, 6) is 0. The second kappa shape index (κ2) is 2.56. The smallest absolute Gasteiger partial charge is 0.267 e. The molecule has 0 aliphatic carbocycles. The molecule has 0 saturated heterocycles. The number of hydrogen-bond acceptors (Lipinski definition) is 5. The number of thiol groups is 1. The molecular formula is C6H5N3OS2. The van der Waals surface area contributed by atoms with Gasteiger partial charge >= 0.3 is 0 Å². The van der Waals surface area contributed by atoms with Crippen molar-refractivity contribution in [2.45, 2.75) is 11.3 Å². The topological polar surface area (TPSA) is 47.3 Å². The van der Waals surface area contributed by atoms with Gasteiger partial charge in [0.2, 0.25) is 4.96 Å². The molecule has 2 rings (SSSR count). The van der Waals surface area contributed by atoms with E-state index in [0.29, 0.717) is 9.30 Å². The molecule has 0 atom stereocenters. The molecule has 0 bridgehead atoms. The number of rotatable bonds is 0. The van der Waals surface area contributed by atoms with Gasteiger partial charge in [0, 0.05) is 11.8 Å². The Morgan fingerprint density at radius 2 is 2.42 bits per heavy atom. The van der Waals surface area contributed by atoms with Crippen molar-refractivity contribution in [2.75, 3.05) is 0 Å². The summed E-state index contributed by atoms with van der Waals surface area (Å²) in [5, 5.41) is 4.05. The lowest BCUT2D eigenvalue weighted by molar-refractivity contribution is 0.850. The number of hydrogen-bond donors (Lipinski definition) is 1. The quantitative estimate of drug-likeness (QED) is 0.637. The summed E-state index contributed by atoms with van der Waals surface area (Å²) in [5.41, 5.74) is 0.547. The SMILES string of the molecule is Cc1cc(=O)nc2sc(S)nn12. The van der Waals surface area contributed by atoms with Crippen LogP contribution in [0, 0.1) is 6.92 Å². The van der Waals surface area contributed by atoms with Crippen molar-refractivity contribution < 1.29 is 0 Å². The Morgan fingerprint density at radius 1 is 1.67 bits per heavy atom. The van der Waals surface area contributed by atoms with Crippen LogP contribution < -0.4 is 5.56 Å². The van der Waals surface area contributed by atoms with Crippen LogP contribution in [0.4, 0.5) is 0 Å². The molecule has 2 aromatic rings. The molecular weight excluding hydrogens is 194 g/mol. The van der Waals surface area contributed by atoms with Gasteiger partial charge in [0.15, 0.2) is 4.34 Å². The molecule has 0 saturated carbocycles. The molecule has 0 fully saturated rings. The lowest BCUT2D eigenvalue weighted by Gasteiger charge is -1.92. The van der Waals surface area contributed by atoms with Crippen LogP contribution in [-0.2, 0) is 0 Å². The summed E-state index contributed by atoms with van der Waals surface area (Å²) in [6.07, 6.45) is 0. The highest BCUT2D eigenvalue weighted by atomic mass is 32.2. The van der Waals surface area contributed by atoms with Crippen molar-refractivity contribution in [3.05, 3.63) is 22.1 Å². The summed E-state index contributed by atoms with van der Waals surface area (Å²) in [6, 6.07) is 1.44. The van der Waals surface area contributed by atoms with Crippen molar-refractivity contribution >= 4 is 28.9 Å². The van der Waals surface area contributed by atoms with Gasteiger partial charge in [-0.1, -0.05) is 11.3 Å². The van der Waals surface area contributed by atoms with Gasteiger partial charge < -0.3 is 0 Å². The van der Waals surface area contributed by atoms with E-state index in [1.54, 1.807) is 4.52 Å². The Balaban J connectivity index is 2.97. The molecule has 0 unspecified atom stereocenters. The van der Waals surface area contributed by atoms with Gasteiger partial charge in [0.1, 0.15) is 0 Å². The van der Waals surface area contributed by atoms with Gasteiger partial charge in [0.05, 0.1) is 0 Å². The summed E-state index contributed by atoms with van der Waals surface area (Å²) >= 11 is 5.35. The largest absolute Gasteiger partial charge is 0.274 e. The fourth-order valence-corrected chi connectivity index (χ4v) is 1.97. The first-order chi connectivity index (χ1) is 5.66. The highest BCUT2D eigenvalue weighted by molar-refractivity contribution is 7.82. The Hall–Kier alpha value is -0.880. The van der Waals surface area contributed by atoms with E-state index in [9.17, 15) is 4.79 Å². The van der Waals surface area contributed by atoms with Crippen molar-refractivity contribution in [2.24, 2.45) is 0 Å². The fraction of sp³-hybridized carbons (Fsp3) is 0.167. The van der Waals surface area contributed by atoms with Crippen molar-refractivity contribution in [3.63, 3.8) is 0 Å². The predicted octanol–water partition coefficient (Wildman–Crippen LogP) is 0.748. The molecule has 0 N–H and O–H groups in total. The minimum absolute atomic E-state index is 0.232. The van der Waals surface area contributed by atoms with E-state index in [-0.39, 0.29) is 5.56 Å². The summed E-state index contributed by atoms with van der Waals surface area (Å²) in [6.45, 7) is 1.81. The van der Waals surface area contributed by atoms with E-state index < -0.39 is 0 Å². The van der Waals surface area contributed by atoms with E-state index in [0.717, 1.165) is 5.69 Å². The van der Waals surface area contributed by atoms with E-state index in [4.69, 9.17) is 0 Å². The Bertz CT molecular complexity index is 487. The maximum absolute atomic E-state index is 10.9. The van der Waals surface area contributed by atoms with Gasteiger partial charge in [-0.2, -0.15) is 4.98 Å². The van der Waals surface area contributed by atoms with Crippen molar-refractivity contribution in [1.29, 1.82) is 0 Å². The Labute approximate surface area is 77.3 Å². The van der Waals surface area contributed by atoms with Crippen LogP contribution >= 0.6 is 24.0 Å². The highest BCUT2D eigenvalue weighted by Gasteiger charge is 2.03. The molecule has 0 radical (unpaired) electrons. The molecule has 2 heterocycles. The molecule has 0 amide bonds. The van der Waals surface area contributed by atoms with Crippen LogP contribution in [0.15, 0.2) is 15.2 Å². The lowest BCUT2D eigenvalue weighted by Crippen LogP contribution is -2.08. The molecule has 2 aromatic heterocycles. The lowest BCUT2D eigenvalue weighted by atomic mass is 10.5. The number of aromatic nitrogens is 3. The standard InChI is InChI=1S/C6H5N3OS2/c1-3-2-4(10)7-5-9(3)8-6(11)12-5/h2H,1H3,(H,8,11). The molecule has 62 valence electrons. The van der Waals surface area contributed by atoms with Crippen LogP contribution in [0.3, 0.4) is 0 Å². The second-order valence-corrected chi connectivity index (χ2v) is 4.00. The molecule has 0 aliphatic rings. The summed E-state index contributed by atoms with van der Waals surface area (Å²) < 4.78 is 2.21. The Morgan fingerprint density at radius 3 is 3.17 bits per heavy atom. The van der Waals surface area contributed by atoms with Crippen molar-refractivity contribution in [1.82, 2.24) is 14.6 Å². The predicted molar refractivity (Wildman–Crippen MR) is 49.1 cm³/mol. The first-order valence-electron chi connectivity index (χ1n) is 3.23. The van der Waals surface area contributed by atoms with Gasteiger partial charge in [-0.15, -0.1) is 17.7 Å². The maximum atomic E-state index is 10.9.